The standard InChI is InChI=1S/C16H34N2O3/c1-8-17-16(5,15(19)21-7)11-14(4)18(9-10-20-6)12-13(2)3/h13-14,17H,8-12H2,1-7H3. The minimum atomic E-state index is -0.648. The molecule has 0 aliphatic heterocycles. The predicted molar refractivity (Wildman–Crippen MR) is 86.5 cm³/mol. The van der Waals surface area contributed by atoms with Crippen molar-refractivity contribution in [3.8, 4) is 0 Å². The summed E-state index contributed by atoms with van der Waals surface area (Å²) in [4.78, 5) is 14.5. The van der Waals surface area contributed by atoms with E-state index in [1.165, 1.54) is 7.11 Å². The van der Waals surface area contributed by atoms with E-state index in [2.05, 4.69) is 31.0 Å². The lowest BCUT2D eigenvalue weighted by Crippen LogP contribution is -2.54. The van der Waals surface area contributed by atoms with E-state index in [1.807, 2.05) is 13.8 Å². The fraction of sp³-hybridized carbons (Fsp3) is 0.938. The van der Waals surface area contributed by atoms with Gasteiger partial charge in [0.25, 0.3) is 0 Å². The summed E-state index contributed by atoms with van der Waals surface area (Å²) in [5.41, 5.74) is -0.648. The van der Waals surface area contributed by atoms with E-state index in [0.29, 0.717) is 18.9 Å². The van der Waals surface area contributed by atoms with Crippen molar-refractivity contribution >= 4 is 5.97 Å². The average Bonchev–Trinajstić information content (AvgIpc) is 2.42. The molecule has 0 saturated carbocycles. The molecule has 0 aromatic rings. The SMILES string of the molecule is CCNC(C)(CC(C)N(CCOC)CC(C)C)C(=O)OC. The van der Waals surface area contributed by atoms with Crippen molar-refractivity contribution < 1.29 is 14.3 Å². The Hall–Kier alpha value is -0.650. The zero-order chi connectivity index (χ0) is 16.5. The second-order valence-corrected chi connectivity index (χ2v) is 6.29. The van der Waals surface area contributed by atoms with Crippen LogP contribution in [0.25, 0.3) is 0 Å². The Balaban J connectivity index is 4.87. The van der Waals surface area contributed by atoms with E-state index >= 15 is 0 Å². The Morgan fingerprint density at radius 1 is 1.29 bits per heavy atom. The number of carbonyl (C=O) groups is 1. The Bertz CT molecular complexity index is 297. The van der Waals surface area contributed by atoms with Crippen molar-refractivity contribution in [2.45, 2.75) is 52.6 Å². The summed E-state index contributed by atoms with van der Waals surface area (Å²) >= 11 is 0. The molecule has 0 bridgehead atoms. The summed E-state index contributed by atoms with van der Waals surface area (Å²) in [6.07, 6.45) is 0.712. The molecule has 0 rings (SSSR count). The van der Waals surface area contributed by atoms with Crippen molar-refractivity contribution in [1.29, 1.82) is 0 Å². The first-order valence-corrected chi connectivity index (χ1v) is 7.87. The summed E-state index contributed by atoms with van der Waals surface area (Å²) in [5, 5.41) is 3.27. The van der Waals surface area contributed by atoms with Gasteiger partial charge in [0.2, 0.25) is 0 Å². The monoisotopic (exact) mass is 302 g/mol. The normalized spacial score (nSPS) is 16.0. The third kappa shape index (κ3) is 7.25. The van der Waals surface area contributed by atoms with Gasteiger partial charge in [-0.1, -0.05) is 20.8 Å². The van der Waals surface area contributed by atoms with Crippen LogP contribution < -0.4 is 5.32 Å². The Labute approximate surface area is 130 Å². The maximum Gasteiger partial charge on any atom is 0.325 e. The molecule has 5 heteroatoms. The Kier molecular flexibility index (Phi) is 9.83. The fourth-order valence-electron chi connectivity index (χ4n) is 2.73. The van der Waals surface area contributed by atoms with Crippen molar-refractivity contribution in [2.24, 2.45) is 5.92 Å². The molecule has 0 spiro atoms. The Morgan fingerprint density at radius 2 is 1.90 bits per heavy atom. The summed E-state index contributed by atoms with van der Waals surface area (Å²) in [6.45, 7) is 13.8. The molecular formula is C16H34N2O3. The molecule has 2 unspecified atom stereocenters. The average molecular weight is 302 g/mol. The van der Waals surface area contributed by atoms with Crippen LogP contribution in [0.1, 0.15) is 41.0 Å². The minimum Gasteiger partial charge on any atom is -0.468 e. The highest BCUT2D eigenvalue weighted by molar-refractivity contribution is 5.80. The van der Waals surface area contributed by atoms with E-state index in [-0.39, 0.29) is 12.0 Å². The summed E-state index contributed by atoms with van der Waals surface area (Å²) in [5.74, 6) is 0.375. The molecule has 0 heterocycles. The number of hydrogen-bond acceptors (Lipinski definition) is 5. The van der Waals surface area contributed by atoms with Gasteiger partial charge in [0.15, 0.2) is 0 Å². The van der Waals surface area contributed by atoms with Crippen LogP contribution in [0, 0.1) is 5.92 Å². The van der Waals surface area contributed by atoms with Crippen molar-refractivity contribution in [1.82, 2.24) is 10.2 Å². The van der Waals surface area contributed by atoms with Crippen LogP contribution >= 0.6 is 0 Å². The highest BCUT2D eigenvalue weighted by Gasteiger charge is 2.36. The molecule has 0 aliphatic carbocycles. The number of ether oxygens (including phenoxy) is 2. The van der Waals surface area contributed by atoms with Gasteiger partial charge in [-0.05, 0) is 32.7 Å². The fourth-order valence-corrected chi connectivity index (χ4v) is 2.73. The first-order chi connectivity index (χ1) is 9.80. The van der Waals surface area contributed by atoms with Crippen LogP contribution in [0.5, 0.6) is 0 Å². The third-order valence-electron chi connectivity index (χ3n) is 3.71. The van der Waals surface area contributed by atoms with Crippen molar-refractivity contribution in [3.63, 3.8) is 0 Å². The Morgan fingerprint density at radius 3 is 2.33 bits per heavy atom. The first-order valence-electron chi connectivity index (χ1n) is 7.87. The maximum atomic E-state index is 12.1. The van der Waals surface area contributed by atoms with Gasteiger partial charge < -0.3 is 14.8 Å². The van der Waals surface area contributed by atoms with Gasteiger partial charge in [0.1, 0.15) is 5.54 Å². The van der Waals surface area contributed by atoms with Crippen molar-refractivity contribution in [2.75, 3.05) is 40.5 Å². The van der Waals surface area contributed by atoms with Crippen LogP contribution in [-0.4, -0.2) is 62.9 Å². The zero-order valence-electron chi connectivity index (χ0n) is 14.9. The molecule has 5 nitrogen and oxygen atoms in total. The molecule has 0 fully saturated rings. The lowest BCUT2D eigenvalue weighted by molar-refractivity contribution is -0.148. The number of rotatable bonds is 11. The van der Waals surface area contributed by atoms with Crippen molar-refractivity contribution in [3.05, 3.63) is 0 Å². The molecule has 126 valence electrons. The highest BCUT2D eigenvalue weighted by atomic mass is 16.5. The molecule has 0 aromatic carbocycles. The van der Waals surface area contributed by atoms with Gasteiger partial charge in [-0.2, -0.15) is 0 Å². The third-order valence-corrected chi connectivity index (χ3v) is 3.71. The number of esters is 1. The topological polar surface area (TPSA) is 50.8 Å². The molecule has 0 aromatic heterocycles. The van der Waals surface area contributed by atoms with Crippen LogP contribution in [-0.2, 0) is 14.3 Å². The van der Waals surface area contributed by atoms with E-state index in [1.54, 1.807) is 7.11 Å². The molecular weight excluding hydrogens is 268 g/mol. The van der Waals surface area contributed by atoms with Crippen LogP contribution in [0.2, 0.25) is 0 Å². The van der Waals surface area contributed by atoms with Crippen LogP contribution in [0.4, 0.5) is 0 Å². The van der Waals surface area contributed by atoms with Crippen LogP contribution in [0.15, 0.2) is 0 Å². The highest BCUT2D eigenvalue weighted by Crippen LogP contribution is 2.19. The lowest BCUT2D eigenvalue weighted by Gasteiger charge is -2.36. The number of nitrogens with zero attached hydrogens (tertiary/aromatic N) is 1. The minimum absolute atomic E-state index is 0.201. The van der Waals surface area contributed by atoms with Gasteiger partial charge in [0, 0.05) is 26.2 Å². The van der Waals surface area contributed by atoms with Gasteiger partial charge >= 0.3 is 5.97 Å². The second kappa shape index (κ2) is 10.1. The summed E-state index contributed by atoms with van der Waals surface area (Å²) in [6, 6.07) is 0.269. The first kappa shape index (κ1) is 20.3. The molecule has 0 saturated heterocycles. The van der Waals surface area contributed by atoms with Crippen LogP contribution in [0.3, 0.4) is 0 Å². The quantitative estimate of drug-likeness (QED) is 0.591. The van der Waals surface area contributed by atoms with Gasteiger partial charge in [-0.25, -0.2) is 0 Å². The molecule has 0 aliphatic rings. The summed E-state index contributed by atoms with van der Waals surface area (Å²) < 4.78 is 10.2. The summed E-state index contributed by atoms with van der Waals surface area (Å²) in [7, 11) is 3.16. The van der Waals surface area contributed by atoms with E-state index in [0.717, 1.165) is 19.6 Å². The lowest BCUT2D eigenvalue weighted by atomic mass is 9.92. The number of nitrogens with one attached hydrogen (secondary N) is 1. The second-order valence-electron chi connectivity index (χ2n) is 6.29. The largest absolute Gasteiger partial charge is 0.468 e. The van der Waals surface area contributed by atoms with Gasteiger partial charge in [0.05, 0.1) is 13.7 Å². The molecule has 0 radical (unpaired) electrons. The molecule has 1 N–H and O–H groups in total. The van der Waals surface area contributed by atoms with Gasteiger partial charge in [-0.3, -0.25) is 9.69 Å². The van der Waals surface area contributed by atoms with Gasteiger partial charge in [-0.15, -0.1) is 0 Å². The molecule has 0 amide bonds. The number of hydrogen-bond donors (Lipinski definition) is 1. The molecule has 2 atom stereocenters. The number of methoxy groups -OCH3 is 2. The zero-order valence-corrected chi connectivity index (χ0v) is 14.9. The van der Waals surface area contributed by atoms with E-state index in [4.69, 9.17) is 9.47 Å². The van der Waals surface area contributed by atoms with E-state index < -0.39 is 5.54 Å². The molecule has 21 heavy (non-hydrogen) atoms. The maximum absolute atomic E-state index is 12.1. The number of carbonyl (C=O) groups excluding carboxylic acids is 1. The smallest absolute Gasteiger partial charge is 0.325 e. The number of likely N-dealkylation sites (N-methyl/N-ethyl adjacent to an activating group) is 1. The predicted octanol–water partition coefficient (Wildman–Crippen LogP) is 1.91. The van der Waals surface area contributed by atoms with E-state index in [9.17, 15) is 4.79 Å².